The molecule has 0 saturated carbocycles. The van der Waals surface area contributed by atoms with Crippen molar-refractivity contribution in [3.8, 4) is 5.69 Å². The predicted octanol–water partition coefficient (Wildman–Crippen LogP) is 1.67. The van der Waals surface area contributed by atoms with Crippen LogP contribution in [0.5, 0.6) is 0 Å². The van der Waals surface area contributed by atoms with Crippen LogP contribution in [0.1, 0.15) is 24.2 Å². The Balaban J connectivity index is 2.29. The monoisotopic (exact) mass is 243 g/mol. The molecule has 0 aliphatic heterocycles. The van der Waals surface area contributed by atoms with E-state index in [1.165, 1.54) is 0 Å². The molecule has 4 heteroatoms. The molecule has 0 bridgehead atoms. The molecule has 1 heterocycles. The van der Waals surface area contributed by atoms with Gasteiger partial charge in [-0.1, -0.05) is 18.2 Å². The number of rotatable bonds is 1. The maximum Gasteiger partial charge on any atom is 0.426 e. The van der Waals surface area contributed by atoms with Crippen LogP contribution in [0.2, 0.25) is 0 Å². The van der Waals surface area contributed by atoms with Crippen LogP contribution in [0.3, 0.4) is 0 Å². The molecule has 0 amide bonds. The Morgan fingerprint density at radius 3 is 2.50 bits per heavy atom. The first-order valence-corrected chi connectivity index (χ1v) is 6.11. The smallest absolute Gasteiger partial charge is 0.414 e. The summed E-state index contributed by atoms with van der Waals surface area (Å²) in [6.07, 6.45) is 3.34. The minimum atomic E-state index is -0.591. The van der Waals surface area contributed by atoms with Crippen molar-refractivity contribution in [3.05, 3.63) is 62.6 Å². The van der Waals surface area contributed by atoms with Gasteiger partial charge in [0, 0.05) is 6.42 Å². The predicted molar refractivity (Wildman–Crippen MR) is 67.2 cm³/mol. The molecule has 0 N–H and O–H groups in total. The number of benzene rings is 1. The lowest BCUT2D eigenvalue weighted by Gasteiger charge is -2.14. The maximum absolute atomic E-state index is 12.3. The summed E-state index contributed by atoms with van der Waals surface area (Å²) in [5.74, 6) is -0.0183. The van der Waals surface area contributed by atoms with Crippen LogP contribution in [-0.2, 0) is 12.8 Å². The van der Waals surface area contributed by atoms with Crippen LogP contribution >= 0.6 is 0 Å². The van der Waals surface area contributed by atoms with E-state index in [4.69, 9.17) is 4.42 Å². The van der Waals surface area contributed by atoms with E-state index in [0.29, 0.717) is 29.9 Å². The first-order chi connectivity index (χ1) is 8.77. The lowest BCUT2D eigenvalue weighted by atomic mass is 9.98. The molecule has 0 spiro atoms. The minimum Gasteiger partial charge on any atom is -0.414 e. The van der Waals surface area contributed by atoms with Gasteiger partial charge in [-0.25, -0.2) is 9.36 Å². The Bertz CT molecular complexity index is 682. The van der Waals surface area contributed by atoms with Crippen LogP contribution in [0.4, 0.5) is 0 Å². The second-order valence-corrected chi connectivity index (χ2v) is 4.45. The van der Waals surface area contributed by atoms with Gasteiger partial charge in [0.2, 0.25) is 0 Å². The third kappa shape index (κ3) is 1.70. The van der Waals surface area contributed by atoms with Crippen molar-refractivity contribution < 1.29 is 4.42 Å². The molecule has 1 aliphatic carbocycles. The second kappa shape index (κ2) is 4.29. The van der Waals surface area contributed by atoms with Crippen molar-refractivity contribution in [2.45, 2.75) is 25.7 Å². The number of para-hydroxylation sites is 1. The third-order valence-electron chi connectivity index (χ3n) is 3.29. The van der Waals surface area contributed by atoms with E-state index in [2.05, 4.69) is 0 Å². The van der Waals surface area contributed by atoms with E-state index >= 15 is 0 Å². The van der Waals surface area contributed by atoms with E-state index in [-0.39, 0.29) is 5.56 Å². The number of aryl methyl sites for hydroxylation is 1. The van der Waals surface area contributed by atoms with E-state index in [9.17, 15) is 9.59 Å². The van der Waals surface area contributed by atoms with E-state index in [1.807, 2.05) is 6.07 Å². The van der Waals surface area contributed by atoms with Crippen molar-refractivity contribution >= 4 is 0 Å². The van der Waals surface area contributed by atoms with Crippen LogP contribution < -0.4 is 11.3 Å². The van der Waals surface area contributed by atoms with Crippen molar-refractivity contribution in [1.29, 1.82) is 0 Å². The highest BCUT2D eigenvalue weighted by Gasteiger charge is 2.19. The first kappa shape index (κ1) is 11.0. The molecule has 2 aromatic rings. The fourth-order valence-electron chi connectivity index (χ4n) is 2.39. The Hall–Kier alpha value is -2.10. The molecule has 0 atom stereocenters. The zero-order valence-corrected chi connectivity index (χ0v) is 9.89. The van der Waals surface area contributed by atoms with Gasteiger partial charge in [-0.15, -0.1) is 0 Å². The van der Waals surface area contributed by atoms with Crippen LogP contribution in [0.25, 0.3) is 5.69 Å². The first-order valence-electron chi connectivity index (χ1n) is 6.11. The average molecular weight is 243 g/mol. The topological polar surface area (TPSA) is 52.2 Å². The van der Waals surface area contributed by atoms with Crippen molar-refractivity contribution in [1.82, 2.24) is 4.57 Å². The fraction of sp³-hybridized carbons (Fsp3) is 0.286. The van der Waals surface area contributed by atoms with Gasteiger partial charge >= 0.3 is 5.76 Å². The largest absolute Gasteiger partial charge is 0.426 e. The Kier molecular flexibility index (Phi) is 2.63. The summed E-state index contributed by atoms with van der Waals surface area (Å²) in [6, 6.07) is 8.89. The molecule has 0 fully saturated rings. The number of nitrogens with zero attached hydrogens (tertiary/aromatic N) is 1. The number of hydrogen-bond donors (Lipinski definition) is 0. The van der Waals surface area contributed by atoms with Gasteiger partial charge in [-0.05, 0) is 31.4 Å². The molecular formula is C14H13NO3. The Labute approximate surface area is 103 Å². The number of aromatic nitrogens is 1. The summed E-state index contributed by atoms with van der Waals surface area (Å²) in [5, 5.41) is 0. The summed E-state index contributed by atoms with van der Waals surface area (Å²) in [5.41, 5.74) is 0.987. The Morgan fingerprint density at radius 2 is 1.72 bits per heavy atom. The van der Waals surface area contributed by atoms with Crippen molar-refractivity contribution in [2.24, 2.45) is 0 Å². The van der Waals surface area contributed by atoms with Crippen molar-refractivity contribution in [2.75, 3.05) is 0 Å². The van der Waals surface area contributed by atoms with Gasteiger partial charge < -0.3 is 4.42 Å². The highest BCUT2D eigenvalue weighted by Crippen LogP contribution is 2.16. The molecule has 1 aromatic carbocycles. The molecular weight excluding hydrogens is 230 g/mol. The molecule has 1 aromatic heterocycles. The van der Waals surface area contributed by atoms with Gasteiger partial charge in [0.1, 0.15) is 5.76 Å². The molecule has 92 valence electrons. The molecule has 18 heavy (non-hydrogen) atoms. The van der Waals surface area contributed by atoms with Gasteiger partial charge in [0.05, 0.1) is 11.3 Å². The molecule has 0 saturated heterocycles. The average Bonchev–Trinajstić information content (AvgIpc) is 2.40. The van der Waals surface area contributed by atoms with Crippen LogP contribution in [-0.4, -0.2) is 4.57 Å². The molecule has 3 rings (SSSR count). The van der Waals surface area contributed by atoms with Gasteiger partial charge in [0.25, 0.3) is 5.56 Å². The summed E-state index contributed by atoms with van der Waals surface area (Å²) in [6.45, 7) is 0. The molecule has 0 radical (unpaired) electrons. The molecule has 0 unspecified atom stereocenters. The third-order valence-corrected chi connectivity index (χ3v) is 3.29. The van der Waals surface area contributed by atoms with E-state index < -0.39 is 5.76 Å². The number of fused-ring (bicyclic) bond motifs is 1. The normalized spacial score (nSPS) is 14.2. The zero-order chi connectivity index (χ0) is 12.5. The summed E-state index contributed by atoms with van der Waals surface area (Å²) in [7, 11) is 0. The Morgan fingerprint density at radius 1 is 1.00 bits per heavy atom. The minimum absolute atomic E-state index is 0.229. The van der Waals surface area contributed by atoms with Gasteiger partial charge in [-0.2, -0.15) is 0 Å². The van der Waals surface area contributed by atoms with Gasteiger partial charge in [0.15, 0.2) is 0 Å². The van der Waals surface area contributed by atoms with Crippen LogP contribution in [0.15, 0.2) is 44.3 Å². The maximum atomic E-state index is 12.3. The second-order valence-electron chi connectivity index (χ2n) is 4.45. The summed E-state index contributed by atoms with van der Waals surface area (Å²) >= 11 is 0. The van der Waals surface area contributed by atoms with Gasteiger partial charge in [-0.3, -0.25) is 4.79 Å². The molecule has 4 nitrogen and oxygen atoms in total. The standard InChI is InChI=1S/C14H13NO3/c16-13-11-8-4-5-9-12(11)18-14(17)15(13)10-6-2-1-3-7-10/h1-3,6-7H,4-5,8-9H2. The van der Waals surface area contributed by atoms with E-state index in [0.717, 1.165) is 17.4 Å². The highest BCUT2D eigenvalue weighted by atomic mass is 16.4. The summed E-state index contributed by atoms with van der Waals surface area (Å²) in [4.78, 5) is 24.2. The number of hydrogen-bond acceptors (Lipinski definition) is 3. The quantitative estimate of drug-likeness (QED) is 0.765. The lowest BCUT2D eigenvalue weighted by Crippen LogP contribution is -2.35. The van der Waals surface area contributed by atoms with E-state index in [1.54, 1.807) is 24.3 Å². The van der Waals surface area contributed by atoms with Crippen LogP contribution in [0, 0.1) is 0 Å². The summed E-state index contributed by atoms with van der Waals surface area (Å²) < 4.78 is 6.39. The zero-order valence-electron chi connectivity index (χ0n) is 9.89. The SMILES string of the molecule is O=c1oc2c(c(=O)n1-c1ccccc1)CCCC2. The lowest BCUT2D eigenvalue weighted by molar-refractivity contribution is 0.388. The molecule has 1 aliphatic rings. The highest BCUT2D eigenvalue weighted by molar-refractivity contribution is 5.32. The fourth-order valence-corrected chi connectivity index (χ4v) is 2.39. The van der Waals surface area contributed by atoms with Crippen molar-refractivity contribution in [3.63, 3.8) is 0 Å².